The molecule has 0 saturated heterocycles. The van der Waals surface area contributed by atoms with Crippen LogP contribution in [0.25, 0.3) is 0 Å². The smallest absolute Gasteiger partial charge is 0.0438 e. The molecule has 32 heavy (non-hydrogen) atoms. The molecule has 0 amide bonds. The van der Waals surface area contributed by atoms with Crippen LogP contribution in [0.3, 0.4) is 0 Å². The standard InChI is InChI=1S/C30H32N2/c1-22-10-15-27(16-11-22)31(4)28-17-12-25(13-18-28)21-26-14-19-30(24(3)20-26)32(5)29-9-7-6-8-23(29)2/h6-20H,21H2,1-5H3. The van der Waals surface area contributed by atoms with Crippen LogP contribution >= 0.6 is 0 Å². The van der Waals surface area contributed by atoms with E-state index in [0.29, 0.717) is 0 Å². The van der Waals surface area contributed by atoms with E-state index in [1.807, 2.05) is 0 Å². The average molecular weight is 421 g/mol. The highest BCUT2D eigenvalue weighted by Gasteiger charge is 2.10. The van der Waals surface area contributed by atoms with Crippen LogP contribution in [0, 0.1) is 20.8 Å². The van der Waals surface area contributed by atoms with Gasteiger partial charge in [0.05, 0.1) is 0 Å². The first-order valence-electron chi connectivity index (χ1n) is 11.2. The van der Waals surface area contributed by atoms with Gasteiger partial charge in [0, 0.05) is 36.8 Å². The molecule has 0 N–H and O–H groups in total. The lowest BCUT2D eigenvalue weighted by Gasteiger charge is -2.24. The molecule has 2 nitrogen and oxygen atoms in total. The second kappa shape index (κ2) is 9.32. The lowest BCUT2D eigenvalue weighted by molar-refractivity contribution is 1.13. The Morgan fingerprint density at radius 2 is 1.09 bits per heavy atom. The van der Waals surface area contributed by atoms with E-state index in [9.17, 15) is 0 Å². The normalized spacial score (nSPS) is 10.8. The lowest BCUT2D eigenvalue weighted by Crippen LogP contribution is -2.12. The second-order valence-corrected chi connectivity index (χ2v) is 8.70. The molecule has 162 valence electrons. The Bertz CT molecular complexity index is 1190. The van der Waals surface area contributed by atoms with Crippen LogP contribution in [0.15, 0.2) is 91.0 Å². The van der Waals surface area contributed by atoms with Crippen molar-refractivity contribution in [2.24, 2.45) is 0 Å². The molecule has 0 aromatic heterocycles. The highest BCUT2D eigenvalue weighted by molar-refractivity contribution is 5.68. The second-order valence-electron chi connectivity index (χ2n) is 8.70. The van der Waals surface area contributed by atoms with Gasteiger partial charge in [0.2, 0.25) is 0 Å². The molecule has 0 fully saturated rings. The molecule has 0 bridgehead atoms. The number of anilines is 4. The van der Waals surface area contributed by atoms with Crippen molar-refractivity contribution in [3.63, 3.8) is 0 Å². The molecule has 0 unspecified atom stereocenters. The van der Waals surface area contributed by atoms with Crippen molar-refractivity contribution in [1.29, 1.82) is 0 Å². The zero-order valence-corrected chi connectivity index (χ0v) is 19.8. The summed E-state index contributed by atoms with van der Waals surface area (Å²) in [6, 6.07) is 32.9. The van der Waals surface area contributed by atoms with Crippen LogP contribution < -0.4 is 9.80 Å². The van der Waals surface area contributed by atoms with Gasteiger partial charge < -0.3 is 9.80 Å². The molecule has 2 heteroatoms. The predicted molar refractivity (Wildman–Crippen MR) is 139 cm³/mol. The van der Waals surface area contributed by atoms with E-state index in [1.54, 1.807) is 0 Å². The summed E-state index contributed by atoms with van der Waals surface area (Å²) in [5.41, 5.74) is 11.4. The summed E-state index contributed by atoms with van der Waals surface area (Å²) in [5.74, 6) is 0. The van der Waals surface area contributed by atoms with Crippen molar-refractivity contribution in [3.8, 4) is 0 Å². The van der Waals surface area contributed by atoms with E-state index in [2.05, 4.69) is 136 Å². The molecule has 0 aliphatic carbocycles. The van der Waals surface area contributed by atoms with Gasteiger partial charge in [0.1, 0.15) is 0 Å². The largest absolute Gasteiger partial charge is 0.345 e. The molecule has 0 heterocycles. The Hall–Kier alpha value is -3.52. The third-order valence-corrected chi connectivity index (χ3v) is 6.25. The van der Waals surface area contributed by atoms with Crippen molar-refractivity contribution < 1.29 is 0 Å². The van der Waals surface area contributed by atoms with Crippen molar-refractivity contribution in [1.82, 2.24) is 0 Å². The monoisotopic (exact) mass is 420 g/mol. The molecule has 0 aliphatic heterocycles. The third-order valence-electron chi connectivity index (χ3n) is 6.25. The maximum atomic E-state index is 2.32. The van der Waals surface area contributed by atoms with Crippen molar-refractivity contribution in [2.45, 2.75) is 27.2 Å². The summed E-state index contributed by atoms with van der Waals surface area (Å²) < 4.78 is 0. The van der Waals surface area contributed by atoms with Crippen molar-refractivity contribution in [2.75, 3.05) is 23.9 Å². The molecule has 0 radical (unpaired) electrons. The van der Waals surface area contributed by atoms with Gasteiger partial charge in [-0.25, -0.2) is 0 Å². The summed E-state index contributed by atoms with van der Waals surface area (Å²) >= 11 is 0. The third kappa shape index (κ3) is 4.70. The fourth-order valence-corrected chi connectivity index (χ4v) is 4.26. The zero-order valence-electron chi connectivity index (χ0n) is 19.8. The molecular weight excluding hydrogens is 388 g/mol. The first-order valence-corrected chi connectivity index (χ1v) is 11.2. The SMILES string of the molecule is Cc1ccc(N(C)c2ccc(Cc3ccc(N(C)c4ccccc4C)c(C)c3)cc2)cc1. The van der Waals surface area contributed by atoms with Crippen LogP contribution in [-0.2, 0) is 6.42 Å². The van der Waals surface area contributed by atoms with E-state index >= 15 is 0 Å². The first kappa shape index (κ1) is 21.7. The molecule has 0 aliphatic rings. The zero-order chi connectivity index (χ0) is 22.7. The summed E-state index contributed by atoms with van der Waals surface area (Å²) in [6.07, 6.45) is 0.934. The van der Waals surface area contributed by atoms with Gasteiger partial charge in [-0.1, -0.05) is 60.2 Å². The quantitative estimate of drug-likeness (QED) is 0.315. The molecule has 0 atom stereocenters. The fourth-order valence-electron chi connectivity index (χ4n) is 4.26. The summed E-state index contributed by atoms with van der Waals surface area (Å²) in [6.45, 7) is 6.48. The Balaban J connectivity index is 1.48. The lowest BCUT2D eigenvalue weighted by atomic mass is 10.0. The van der Waals surface area contributed by atoms with Gasteiger partial charge in [-0.2, -0.15) is 0 Å². The van der Waals surface area contributed by atoms with E-state index in [0.717, 1.165) is 6.42 Å². The van der Waals surface area contributed by atoms with Crippen molar-refractivity contribution in [3.05, 3.63) is 119 Å². The van der Waals surface area contributed by atoms with E-state index < -0.39 is 0 Å². The van der Waals surface area contributed by atoms with Gasteiger partial charge in [0.15, 0.2) is 0 Å². The number of nitrogens with zero attached hydrogens (tertiary/aromatic N) is 2. The topological polar surface area (TPSA) is 6.48 Å². The summed E-state index contributed by atoms with van der Waals surface area (Å²) in [5, 5.41) is 0. The Kier molecular flexibility index (Phi) is 6.32. The average Bonchev–Trinajstić information content (AvgIpc) is 2.80. The number of benzene rings is 4. The predicted octanol–water partition coefficient (Wildman–Crippen LogP) is 7.74. The number of aryl methyl sites for hydroxylation is 3. The van der Waals surface area contributed by atoms with Crippen LogP contribution in [0.2, 0.25) is 0 Å². The molecule has 0 spiro atoms. The van der Waals surface area contributed by atoms with E-state index in [4.69, 9.17) is 0 Å². The van der Waals surface area contributed by atoms with Gasteiger partial charge in [-0.15, -0.1) is 0 Å². The fraction of sp³-hybridized carbons (Fsp3) is 0.200. The molecule has 4 aromatic rings. The first-order chi connectivity index (χ1) is 15.4. The molecule has 4 rings (SSSR count). The van der Waals surface area contributed by atoms with Crippen LogP contribution in [0.1, 0.15) is 27.8 Å². The van der Waals surface area contributed by atoms with Gasteiger partial charge in [-0.3, -0.25) is 0 Å². The van der Waals surface area contributed by atoms with E-state index in [-0.39, 0.29) is 0 Å². The maximum Gasteiger partial charge on any atom is 0.0438 e. The highest BCUT2D eigenvalue weighted by atomic mass is 15.1. The number of para-hydroxylation sites is 1. The molecule has 0 saturated carbocycles. The number of rotatable bonds is 6. The minimum Gasteiger partial charge on any atom is -0.345 e. The Morgan fingerprint density at radius 3 is 1.72 bits per heavy atom. The number of hydrogen-bond donors (Lipinski definition) is 0. The van der Waals surface area contributed by atoms with Gasteiger partial charge in [0.25, 0.3) is 0 Å². The minimum absolute atomic E-state index is 0.934. The molecular formula is C30H32N2. The summed E-state index contributed by atoms with van der Waals surface area (Å²) in [7, 11) is 4.26. The minimum atomic E-state index is 0.934. The Labute approximate surface area is 192 Å². The Morgan fingerprint density at radius 1 is 0.531 bits per heavy atom. The van der Waals surface area contributed by atoms with Crippen LogP contribution in [0.5, 0.6) is 0 Å². The van der Waals surface area contributed by atoms with Crippen LogP contribution in [-0.4, -0.2) is 14.1 Å². The van der Waals surface area contributed by atoms with Crippen molar-refractivity contribution >= 4 is 22.7 Å². The van der Waals surface area contributed by atoms with Gasteiger partial charge in [-0.05, 0) is 85.8 Å². The van der Waals surface area contributed by atoms with Gasteiger partial charge >= 0.3 is 0 Å². The highest BCUT2D eigenvalue weighted by Crippen LogP contribution is 2.30. The number of hydrogen-bond acceptors (Lipinski definition) is 2. The summed E-state index contributed by atoms with van der Waals surface area (Å²) in [4.78, 5) is 4.51. The molecule has 4 aromatic carbocycles. The maximum absolute atomic E-state index is 2.32. The van der Waals surface area contributed by atoms with E-state index in [1.165, 1.54) is 50.6 Å². The van der Waals surface area contributed by atoms with Crippen LogP contribution in [0.4, 0.5) is 22.7 Å².